The number of nitrogens with zero attached hydrogens (tertiary/aromatic N) is 7. The summed E-state index contributed by atoms with van der Waals surface area (Å²) in [5, 5.41) is 23.3. The molecule has 0 aromatic carbocycles. The molecular formula is C65H117N11O13. The third-order valence-electron chi connectivity index (χ3n) is 17.1. The molecule has 1 saturated heterocycles. The van der Waals surface area contributed by atoms with Crippen LogP contribution in [0.15, 0.2) is 12.2 Å². The second-order valence-electron chi connectivity index (χ2n) is 27.2. The van der Waals surface area contributed by atoms with Gasteiger partial charge in [0, 0.05) is 62.4 Å². The molecule has 24 heteroatoms. The van der Waals surface area contributed by atoms with Crippen molar-refractivity contribution in [1.82, 2.24) is 55.6 Å². The van der Waals surface area contributed by atoms with Gasteiger partial charge in [0.2, 0.25) is 65.0 Å². The zero-order valence-electron chi connectivity index (χ0n) is 58.9. The second-order valence-corrected chi connectivity index (χ2v) is 27.2. The number of carbonyl (C=O) groups is 11. The topological polar surface area (TPSA) is 288 Å². The highest BCUT2D eigenvalue weighted by molar-refractivity contribution is 6.00. The minimum Gasteiger partial charge on any atom is -0.390 e. The van der Waals surface area contributed by atoms with Gasteiger partial charge in [-0.3, -0.25) is 52.7 Å². The molecule has 14 atom stereocenters. The lowest BCUT2D eigenvalue weighted by Crippen LogP contribution is -2.64. The number of aliphatic hydroxyl groups is 1. The van der Waals surface area contributed by atoms with Crippen LogP contribution in [-0.2, 0) is 57.5 Å². The Morgan fingerprint density at radius 1 is 0.449 bits per heavy atom. The van der Waals surface area contributed by atoms with E-state index < -0.39 is 167 Å². The number of hydrogen-bond donors (Lipinski definition) is 5. The molecule has 0 aromatic rings. The zero-order chi connectivity index (χ0) is 69.1. The van der Waals surface area contributed by atoms with Crippen molar-refractivity contribution in [2.75, 3.05) is 63.1 Å². The number of hydrogen-bond acceptors (Lipinski definition) is 13. The Hall–Kier alpha value is -6.17. The maximum atomic E-state index is 15.3. The molecular weight excluding hydrogens is 1140 g/mol. The molecule has 1 heterocycles. The van der Waals surface area contributed by atoms with E-state index in [1.165, 1.54) is 99.7 Å². The maximum Gasteiger partial charge on any atom is 0.246 e. The third kappa shape index (κ3) is 21.8. The molecule has 24 nitrogen and oxygen atoms in total. The van der Waals surface area contributed by atoms with Gasteiger partial charge in [-0.2, -0.15) is 0 Å². The van der Waals surface area contributed by atoms with Gasteiger partial charge >= 0.3 is 0 Å². The normalized spacial score (nSPS) is 27.4. The van der Waals surface area contributed by atoms with Gasteiger partial charge in [0.25, 0.3) is 0 Å². The van der Waals surface area contributed by atoms with Crippen LogP contribution in [0.25, 0.3) is 0 Å². The number of methoxy groups -OCH3 is 1. The minimum absolute atomic E-state index is 0.00259. The summed E-state index contributed by atoms with van der Waals surface area (Å²) in [5.41, 5.74) is 0. The van der Waals surface area contributed by atoms with E-state index in [1.807, 2.05) is 47.6 Å². The quantitative estimate of drug-likeness (QED) is 0.131. The van der Waals surface area contributed by atoms with Crippen LogP contribution in [0.1, 0.15) is 157 Å². The van der Waals surface area contributed by atoms with Crippen molar-refractivity contribution in [3.63, 3.8) is 0 Å². The summed E-state index contributed by atoms with van der Waals surface area (Å²) < 4.78 is 5.50. The van der Waals surface area contributed by atoms with Crippen LogP contribution in [-0.4, -0.2) is 240 Å². The summed E-state index contributed by atoms with van der Waals surface area (Å²) in [7, 11) is 11.4. The van der Waals surface area contributed by atoms with Gasteiger partial charge in [0.1, 0.15) is 66.5 Å². The van der Waals surface area contributed by atoms with E-state index in [0.717, 1.165) is 4.90 Å². The van der Waals surface area contributed by atoms with Gasteiger partial charge < -0.3 is 65.4 Å². The zero-order valence-corrected chi connectivity index (χ0v) is 58.9. The Morgan fingerprint density at radius 3 is 1.27 bits per heavy atom. The van der Waals surface area contributed by atoms with Crippen molar-refractivity contribution in [2.24, 2.45) is 47.3 Å². The number of likely N-dealkylation sites (N-methyl/N-ethyl adjacent to an activating group) is 7. The first-order valence-electron chi connectivity index (χ1n) is 32.0. The van der Waals surface area contributed by atoms with Gasteiger partial charge in [-0.05, 0) is 94.3 Å². The first kappa shape index (κ1) is 80.8. The van der Waals surface area contributed by atoms with Crippen molar-refractivity contribution in [3.8, 4) is 0 Å². The van der Waals surface area contributed by atoms with Crippen molar-refractivity contribution in [3.05, 3.63) is 12.2 Å². The van der Waals surface area contributed by atoms with Crippen LogP contribution in [0.4, 0.5) is 0 Å². The summed E-state index contributed by atoms with van der Waals surface area (Å²) in [4.78, 5) is 171. The first-order valence-corrected chi connectivity index (χ1v) is 32.0. The summed E-state index contributed by atoms with van der Waals surface area (Å²) in [5.74, 6) is -11.1. The standard InChI is InChI=1S/C65H117N11O13/c1-27-29-30-41(15)54(77)53-58(81)68-45(28-2)60(83)73(22)50(39(11)12)64(87)75(24)52(42(16)34-89-26)57(80)69-49(38(9)10)63(86)70(19)46(31-35(3)4)56(79)66-43(17)55(78)67-44(18)59(82)71(20)47(32-36(5)6)61(84)72(21)48(33-37(7)8)62(85)74(23)51(40(13)14)65(88)76(53)25/h27,29,35-54,77H,28,30-34H2,1-26H3,(H,66,79)(H,67,78)(H,68,81)(H,69,80)/b29-27+/t41-,42-,43+,44-,45+,46+,47+,48+,49+,50-,51+,52+,53?,54-/m1/s1. The second kappa shape index (κ2) is 36.6. The first-order chi connectivity index (χ1) is 41.1. The number of carbonyl (C=O) groups excluding carboxylic acids is 11. The van der Waals surface area contributed by atoms with Crippen LogP contribution in [0.5, 0.6) is 0 Å². The number of rotatable bonds is 17. The predicted molar refractivity (Wildman–Crippen MR) is 344 cm³/mol. The van der Waals surface area contributed by atoms with Crippen molar-refractivity contribution in [2.45, 2.75) is 229 Å². The fraction of sp³-hybridized carbons (Fsp3) is 0.800. The molecule has 0 aliphatic carbocycles. The Morgan fingerprint density at radius 2 is 0.843 bits per heavy atom. The monoisotopic (exact) mass is 1260 g/mol. The highest BCUT2D eigenvalue weighted by Gasteiger charge is 2.47. The van der Waals surface area contributed by atoms with Gasteiger partial charge in [0.15, 0.2) is 0 Å². The fourth-order valence-electron chi connectivity index (χ4n) is 11.7. The molecule has 1 rings (SSSR count). The van der Waals surface area contributed by atoms with Gasteiger partial charge in [-0.25, -0.2) is 0 Å². The molecule has 0 saturated carbocycles. The van der Waals surface area contributed by atoms with Crippen molar-refractivity contribution < 1.29 is 62.6 Å². The van der Waals surface area contributed by atoms with E-state index in [4.69, 9.17) is 4.74 Å². The summed E-state index contributed by atoms with van der Waals surface area (Å²) in [6, 6.07) is -13.9. The lowest BCUT2D eigenvalue weighted by Gasteiger charge is -2.42. The minimum atomic E-state index is -1.64. The average Bonchev–Trinajstić information content (AvgIpc) is 3.10. The summed E-state index contributed by atoms with van der Waals surface area (Å²) in [6.45, 7) is 31.3. The molecule has 1 fully saturated rings. The number of nitrogens with one attached hydrogen (secondary N) is 4. The molecule has 89 heavy (non-hydrogen) atoms. The van der Waals surface area contributed by atoms with Gasteiger partial charge in [0.05, 0.1) is 12.7 Å². The van der Waals surface area contributed by atoms with E-state index in [9.17, 15) is 33.9 Å². The van der Waals surface area contributed by atoms with Crippen molar-refractivity contribution in [1.29, 1.82) is 0 Å². The molecule has 1 aliphatic rings. The molecule has 0 bridgehead atoms. The van der Waals surface area contributed by atoms with Crippen LogP contribution in [0, 0.1) is 47.3 Å². The molecule has 0 spiro atoms. The smallest absolute Gasteiger partial charge is 0.246 e. The average molecular weight is 1260 g/mol. The largest absolute Gasteiger partial charge is 0.390 e. The lowest BCUT2D eigenvalue weighted by atomic mass is 9.91. The molecule has 5 N–H and O–H groups in total. The molecule has 1 unspecified atom stereocenters. The van der Waals surface area contributed by atoms with E-state index in [0.29, 0.717) is 6.42 Å². The highest BCUT2D eigenvalue weighted by Crippen LogP contribution is 2.27. The Kier molecular flexibility index (Phi) is 33.3. The van der Waals surface area contributed by atoms with Crippen LogP contribution >= 0.6 is 0 Å². The van der Waals surface area contributed by atoms with Crippen molar-refractivity contribution >= 4 is 65.0 Å². The van der Waals surface area contributed by atoms with Gasteiger partial charge in [-0.15, -0.1) is 0 Å². The molecule has 510 valence electrons. The molecule has 0 radical (unpaired) electrons. The third-order valence-corrected chi connectivity index (χ3v) is 17.1. The van der Waals surface area contributed by atoms with Crippen LogP contribution in [0.2, 0.25) is 0 Å². The summed E-state index contributed by atoms with van der Waals surface area (Å²) >= 11 is 0. The molecule has 1 aliphatic heterocycles. The molecule has 11 amide bonds. The van der Waals surface area contributed by atoms with E-state index in [2.05, 4.69) is 21.3 Å². The van der Waals surface area contributed by atoms with E-state index >= 15 is 24.0 Å². The van der Waals surface area contributed by atoms with Crippen LogP contribution in [0.3, 0.4) is 0 Å². The van der Waals surface area contributed by atoms with Crippen LogP contribution < -0.4 is 21.3 Å². The maximum absolute atomic E-state index is 15.3. The SMILES string of the molecule is C/C=C/C[C@@H](C)[C@@H](O)C1C(=O)N[C@@H](CC)C(=O)N(C)[C@H](C(C)C)C(=O)N(C)[C@@H]([C@H](C)COC)C(=O)N[C@@H](C(C)C)C(=O)N(C)[C@@H](CC(C)C)C(=O)N[C@@H](C)C(=O)N[C@H](C)C(=O)N(C)[C@@H](CC(C)C)C(=O)N(C)[C@@H](CC(C)C)C(=O)N(C)[C@@H](C(C)C)C(=O)N1C. The number of amides is 11. The fourth-order valence-corrected chi connectivity index (χ4v) is 11.7. The number of ether oxygens (including phenoxy) is 1. The van der Waals surface area contributed by atoms with E-state index in [-0.39, 0.29) is 50.0 Å². The summed E-state index contributed by atoms with van der Waals surface area (Å²) in [6.07, 6.45) is 2.80. The molecule has 0 aromatic heterocycles. The Bertz CT molecular complexity index is 2430. The predicted octanol–water partition coefficient (Wildman–Crippen LogP) is 3.53. The number of allylic oxidation sites excluding steroid dienone is 2. The van der Waals surface area contributed by atoms with E-state index in [1.54, 1.807) is 75.3 Å². The van der Waals surface area contributed by atoms with Gasteiger partial charge in [-0.1, -0.05) is 116 Å². The lowest BCUT2D eigenvalue weighted by molar-refractivity contribution is -0.157. The Balaban J connectivity index is 4.49. The Labute approximate surface area is 533 Å². The number of aliphatic hydroxyl groups excluding tert-OH is 1. The highest BCUT2D eigenvalue weighted by atomic mass is 16.5.